The summed E-state index contributed by atoms with van der Waals surface area (Å²) < 4.78 is 0. The van der Waals surface area contributed by atoms with Crippen LogP contribution in [0.25, 0.3) is 0 Å². The summed E-state index contributed by atoms with van der Waals surface area (Å²) in [6, 6.07) is 11.9. The summed E-state index contributed by atoms with van der Waals surface area (Å²) >= 11 is 1.62. The third-order valence-corrected chi connectivity index (χ3v) is 4.13. The van der Waals surface area contributed by atoms with Gasteiger partial charge in [0.25, 0.3) is 0 Å². The minimum Gasteiger partial charge on any atom is -0.398 e. The fourth-order valence-corrected chi connectivity index (χ4v) is 2.67. The molecule has 0 aliphatic carbocycles. The predicted molar refractivity (Wildman–Crippen MR) is 94.8 cm³/mol. The van der Waals surface area contributed by atoms with Gasteiger partial charge in [-0.3, -0.25) is 5.43 Å². The molecule has 0 aromatic heterocycles. The smallest absolute Gasteiger partial charge is 0.0772 e. The van der Waals surface area contributed by atoms with Gasteiger partial charge in [0.05, 0.1) is 17.1 Å². The van der Waals surface area contributed by atoms with Crippen LogP contribution in [0.2, 0.25) is 0 Å². The first-order chi connectivity index (χ1) is 10.0. The largest absolute Gasteiger partial charge is 0.398 e. The lowest BCUT2D eigenvalue weighted by Crippen LogP contribution is -2.11. The highest BCUT2D eigenvalue weighted by Gasteiger charge is 2.08. The summed E-state index contributed by atoms with van der Waals surface area (Å²) in [6.45, 7) is 4.27. The molecule has 6 N–H and O–H groups in total. The molecule has 0 heterocycles. The van der Waals surface area contributed by atoms with Gasteiger partial charge in [-0.2, -0.15) is 0 Å². The van der Waals surface area contributed by atoms with Crippen LogP contribution in [0.15, 0.2) is 41.3 Å². The van der Waals surface area contributed by atoms with Gasteiger partial charge in [0.2, 0.25) is 0 Å². The fraction of sp³-hybridized carbons (Fsp3) is 0.250. The van der Waals surface area contributed by atoms with Crippen LogP contribution >= 0.6 is 11.8 Å². The summed E-state index contributed by atoms with van der Waals surface area (Å²) in [4.78, 5) is 1.05. The van der Waals surface area contributed by atoms with Crippen molar-refractivity contribution in [2.45, 2.75) is 24.7 Å². The minimum absolute atomic E-state index is 0.395. The van der Waals surface area contributed by atoms with E-state index in [0.717, 1.165) is 33.2 Å². The number of rotatable bonds is 5. The molecule has 0 fully saturated rings. The maximum absolute atomic E-state index is 6.20. The Hall–Kier alpha value is -2.01. The molecular formula is C16H22N4S. The molecule has 0 aliphatic rings. The van der Waals surface area contributed by atoms with E-state index in [2.05, 4.69) is 30.8 Å². The van der Waals surface area contributed by atoms with Crippen molar-refractivity contribution < 1.29 is 0 Å². The topological polar surface area (TPSA) is 76.1 Å². The SMILES string of the molecule is CSc1cc(NNc2cccc(C(C)C)c2N)ccc1N. The van der Waals surface area contributed by atoms with Crippen LogP contribution in [0.3, 0.4) is 0 Å². The van der Waals surface area contributed by atoms with Crippen molar-refractivity contribution in [1.29, 1.82) is 0 Å². The van der Waals surface area contributed by atoms with E-state index < -0.39 is 0 Å². The van der Waals surface area contributed by atoms with Crippen LogP contribution < -0.4 is 22.3 Å². The highest BCUT2D eigenvalue weighted by molar-refractivity contribution is 7.98. The standard InChI is InChI=1S/C16H22N4S/c1-10(2)12-5-4-6-14(16(12)18)20-19-11-7-8-13(17)15(9-11)21-3/h4-10,19-20H,17-18H2,1-3H3. The molecular weight excluding hydrogens is 280 g/mol. The van der Waals surface area contributed by atoms with Gasteiger partial charge in [-0.15, -0.1) is 11.8 Å². The molecule has 0 spiro atoms. The Morgan fingerprint density at radius 2 is 1.81 bits per heavy atom. The first-order valence-corrected chi connectivity index (χ1v) is 8.09. The van der Waals surface area contributed by atoms with Crippen LogP contribution in [0.1, 0.15) is 25.3 Å². The molecule has 2 rings (SSSR count). The lowest BCUT2D eigenvalue weighted by molar-refractivity contribution is 0.870. The number of thioether (sulfide) groups is 1. The highest BCUT2D eigenvalue weighted by atomic mass is 32.2. The summed E-state index contributed by atoms with van der Waals surface area (Å²) in [6.07, 6.45) is 2.01. The molecule has 0 amide bonds. The number of anilines is 4. The van der Waals surface area contributed by atoms with E-state index in [-0.39, 0.29) is 0 Å². The molecule has 0 saturated carbocycles. The van der Waals surface area contributed by atoms with Crippen molar-refractivity contribution in [3.8, 4) is 0 Å². The van der Waals surface area contributed by atoms with Crippen molar-refractivity contribution in [3.63, 3.8) is 0 Å². The Bertz CT molecular complexity index is 626. The van der Waals surface area contributed by atoms with Crippen LogP contribution in [0, 0.1) is 0 Å². The van der Waals surface area contributed by atoms with Gasteiger partial charge in [0.15, 0.2) is 0 Å². The van der Waals surface area contributed by atoms with Gasteiger partial charge in [-0.1, -0.05) is 26.0 Å². The van der Waals surface area contributed by atoms with Crippen molar-refractivity contribution in [3.05, 3.63) is 42.0 Å². The number of hydrogen-bond acceptors (Lipinski definition) is 5. The van der Waals surface area contributed by atoms with E-state index in [1.165, 1.54) is 0 Å². The molecule has 4 nitrogen and oxygen atoms in total. The number of nitrogens with two attached hydrogens (primary N) is 2. The van der Waals surface area contributed by atoms with Crippen molar-refractivity contribution in [2.24, 2.45) is 0 Å². The lowest BCUT2D eigenvalue weighted by Gasteiger charge is -2.16. The molecule has 0 aliphatic heterocycles. The Morgan fingerprint density at radius 1 is 1.05 bits per heavy atom. The molecule has 0 saturated heterocycles. The third kappa shape index (κ3) is 3.55. The minimum atomic E-state index is 0.395. The molecule has 0 unspecified atom stereocenters. The molecule has 0 radical (unpaired) electrons. The van der Waals surface area contributed by atoms with Crippen LogP contribution in [-0.2, 0) is 0 Å². The third-order valence-electron chi connectivity index (χ3n) is 3.34. The van der Waals surface area contributed by atoms with E-state index in [4.69, 9.17) is 11.5 Å². The first kappa shape index (κ1) is 15.4. The van der Waals surface area contributed by atoms with Gasteiger partial charge in [0.1, 0.15) is 0 Å². The van der Waals surface area contributed by atoms with Crippen LogP contribution in [0.5, 0.6) is 0 Å². The average Bonchev–Trinajstić information content (AvgIpc) is 2.47. The van der Waals surface area contributed by atoms with Crippen molar-refractivity contribution >= 4 is 34.5 Å². The predicted octanol–water partition coefficient (Wildman–Crippen LogP) is 4.14. The Labute approximate surface area is 130 Å². The average molecular weight is 302 g/mol. The second-order valence-corrected chi connectivity index (χ2v) is 6.02. The summed E-state index contributed by atoms with van der Waals surface area (Å²) in [5, 5.41) is 0. The number of hydrogen-bond donors (Lipinski definition) is 4. The monoisotopic (exact) mass is 302 g/mol. The van der Waals surface area contributed by atoms with E-state index in [1.54, 1.807) is 11.8 Å². The molecule has 5 heteroatoms. The van der Waals surface area contributed by atoms with E-state index in [1.807, 2.05) is 36.6 Å². The highest BCUT2D eigenvalue weighted by Crippen LogP contribution is 2.29. The lowest BCUT2D eigenvalue weighted by atomic mass is 10.0. The number of nitrogen functional groups attached to an aromatic ring is 2. The summed E-state index contributed by atoms with van der Waals surface area (Å²) in [7, 11) is 0. The quantitative estimate of drug-likeness (QED) is 0.379. The second-order valence-electron chi connectivity index (χ2n) is 5.17. The maximum atomic E-state index is 6.20. The molecule has 2 aromatic rings. The molecule has 2 aromatic carbocycles. The zero-order valence-electron chi connectivity index (χ0n) is 12.6. The molecule has 0 bridgehead atoms. The molecule has 0 atom stereocenters. The molecule has 112 valence electrons. The van der Waals surface area contributed by atoms with Gasteiger partial charge in [-0.25, -0.2) is 0 Å². The zero-order valence-corrected chi connectivity index (χ0v) is 13.4. The van der Waals surface area contributed by atoms with Gasteiger partial charge >= 0.3 is 0 Å². The fourth-order valence-electron chi connectivity index (χ4n) is 2.12. The number of hydrazine groups is 1. The van der Waals surface area contributed by atoms with Crippen molar-refractivity contribution in [1.82, 2.24) is 0 Å². The zero-order chi connectivity index (χ0) is 15.4. The van der Waals surface area contributed by atoms with Gasteiger partial charge < -0.3 is 16.9 Å². The Balaban J connectivity index is 2.15. The Kier molecular flexibility index (Phi) is 4.85. The number of benzene rings is 2. The summed E-state index contributed by atoms with van der Waals surface area (Å²) in [5.74, 6) is 0.395. The first-order valence-electron chi connectivity index (χ1n) is 6.87. The Morgan fingerprint density at radius 3 is 2.48 bits per heavy atom. The van der Waals surface area contributed by atoms with Gasteiger partial charge in [-0.05, 0) is 42.0 Å². The van der Waals surface area contributed by atoms with Crippen LogP contribution in [-0.4, -0.2) is 6.26 Å². The normalized spacial score (nSPS) is 10.7. The second kappa shape index (κ2) is 6.63. The van der Waals surface area contributed by atoms with Crippen molar-refractivity contribution in [2.75, 3.05) is 28.6 Å². The molecule has 21 heavy (non-hydrogen) atoms. The number of nitrogens with one attached hydrogen (secondary N) is 2. The van der Waals surface area contributed by atoms with E-state index in [0.29, 0.717) is 5.92 Å². The van der Waals surface area contributed by atoms with E-state index >= 15 is 0 Å². The van der Waals surface area contributed by atoms with E-state index in [9.17, 15) is 0 Å². The van der Waals surface area contributed by atoms with Crippen LogP contribution in [0.4, 0.5) is 22.7 Å². The number of para-hydroxylation sites is 1. The maximum Gasteiger partial charge on any atom is 0.0772 e. The summed E-state index contributed by atoms with van der Waals surface area (Å²) in [5.41, 5.74) is 23.0. The van der Waals surface area contributed by atoms with Gasteiger partial charge in [0, 0.05) is 10.6 Å².